The first kappa shape index (κ1) is 10.5. The maximum Gasteiger partial charge on any atom is 0.237 e. The molecule has 0 bridgehead atoms. The minimum Gasteiger partial charge on any atom is -0.352 e. The van der Waals surface area contributed by atoms with Gasteiger partial charge in [0.2, 0.25) is 5.91 Å². The Morgan fingerprint density at radius 2 is 2.08 bits per heavy atom. The van der Waals surface area contributed by atoms with Crippen molar-refractivity contribution in [3.05, 3.63) is 0 Å². The van der Waals surface area contributed by atoms with Crippen LogP contribution in [0.15, 0.2) is 0 Å². The third-order valence-electron chi connectivity index (χ3n) is 3.31. The van der Waals surface area contributed by atoms with E-state index in [4.69, 9.17) is 0 Å². The highest BCUT2D eigenvalue weighted by Gasteiger charge is 2.35. The summed E-state index contributed by atoms with van der Waals surface area (Å²) >= 11 is 0. The van der Waals surface area contributed by atoms with Crippen LogP contribution < -0.4 is 10.6 Å². The molecule has 0 aromatic heterocycles. The molecule has 2 N–H and O–H groups in total. The molecule has 0 aliphatic heterocycles. The van der Waals surface area contributed by atoms with E-state index in [1.807, 2.05) is 6.92 Å². The smallest absolute Gasteiger partial charge is 0.237 e. The van der Waals surface area contributed by atoms with Gasteiger partial charge in [0.1, 0.15) is 0 Å². The van der Waals surface area contributed by atoms with Crippen molar-refractivity contribution in [2.24, 2.45) is 11.8 Å². The highest BCUT2D eigenvalue weighted by molar-refractivity contribution is 5.81. The summed E-state index contributed by atoms with van der Waals surface area (Å²) in [5.41, 5.74) is 0. The topological polar surface area (TPSA) is 41.1 Å². The van der Waals surface area contributed by atoms with Gasteiger partial charge in [-0.3, -0.25) is 4.79 Å². The standard InChI is InChI=1S/C10H20N2O/c1-6-5-9(7(6)2)12-10(13)8(3)11-4/h6-9,11H,5H2,1-4H3,(H,12,13)/t6?,7?,8-,9?/m0/s1. The first-order valence-electron chi connectivity index (χ1n) is 5.04. The molecule has 1 fully saturated rings. The van der Waals surface area contributed by atoms with E-state index >= 15 is 0 Å². The molecule has 0 spiro atoms. The second-order valence-electron chi connectivity index (χ2n) is 4.20. The summed E-state index contributed by atoms with van der Waals surface area (Å²) in [5, 5.41) is 5.98. The third kappa shape index (κ3) is 2.21. The van der Waals surface area contributed by atoms with Crippen LogP contribution in [-0.2, 0) is 4.79 Å². The van der Waals surface area contributed by atoms with Gasteiger partial charge < -0.3 is 10.6 Å². The molecule has 0 aromatic carbocycles. The van der Waals surface area contributed by atoms with E-state index in [0.717, 1.165) is 12.3 Å². The summed E-state index contributed by atoms with van der Waals surface area (Å²) in [6, 6.07) is 0.321. The van der Waals surface area contributed by atoms with Crippen molar-refractivity contribution in [3.8, 4) is 0 Å². The Kier molecular flexibility index (Phi) is 3.31. The summed E-state index contributed by atoms with van der Waals surface area (Å²) in [6.45, 7) is 6.31. The third-order valence-corrected chi connectivity index (χ3v) is 3.31. The fourth-order valence-corrected chi connectivity index (χ4v) is 1.66. The van der Waals surface area contributed by atoms with Crippen molar-refractivity contribution in [2.75, 3.05) is 7.05 Å². The molecule has 3 heteroatoms. The molecule has 3 nitrogen and oxygen atoms in total. The maximum absolute atomic E-state index is 11.5. The molecule has 0 heterocycles. The van der Waals surface area contributed by atoms with Crippen molar-refractivity contribution < 1.29 is 4.79 Å². The zero-order chi connectivity index (χ0) is 10.0. The first-order chi connectivity index (χ1) is 6.06. The number of rotatable bonds is 3. The van der Waals surface area contributed by atoms with E-state index in [1.165, 1.54) is 0 Å². The molecule has 1 aliphatic rings. The lowest BCUT2D eigenvalue weighted by Gasteiger charge is -2.41. The van der Waals surface area contributed by atoms with Crippen LogP contribution in [0.3, 0.4) is 0 Å². The van der Waals surface area contributed by atoms with E-state index in [1.54, 1.807) is 7.05 Å². The number of hydrogen-bond donors (Lipinski definition) is 2. The van der Waals surface area contributed by atoms with E-state index in [-0.39, 0.29) is 11.9 Å². The summed E-state index contributed by atoms with van der Waals surface area (Å²) in [7, 11) is 1.80. The quantitative estimate of drug-likeness (QED) is 0.679. The molecule has 1 amide bonds. The SMILES string of the molecule is CN[C@@H](C)C(=O)NC1CC(C)C1C. The molecule has 3 unspecified atom stereocenters. The fourth-order valence-electron chi connectivity index (χ4n) is 1.66. The van der Waals surface area contributed by atoms with Crippen LogP contribution in [0.5, 0.6) is 0 Å². The molecule has 1 saturated carbocycles. The number of hydrogen-bond acceptors (Lipinski definition) is 2. The van der Waals surface area contributed by atoms with E-state index in [2.05, 4.69) is 24.5 Å². The predicted octanol–water partition coefficient (Wildman–Crippen LogP) is 0.755. The van der Waals surface area contributed by atoms with Crippen molar-refractivity contribution in [1.82, 2.24) is 10.6 Å². The Morgan fingerprint density at radius 1 is 1.46 bits per heavy atom. The molecular weight excluding hydrogens is 164 g/mol. The number of likely N-dealkylation sites (N-methyl/N-ethyl adjacent to an activating group) is 1. The van der Waals surface area contributed by atoms with E-state index in [0.29, 0.717) is 12.0 Å². The minimum absolute atomic E-state index is 0.0805. The monoisotopic (exact) mass is 184 g/mol. The molecule has 0 radical (unpaired) electrons. The van der Waals surface area contributed by atoms with Gasteiger partial charge in [0.15, 0.2) is 0 Å². The van der Waals surface area contributed by atoms with Crippen molar-refractivity contribution >= 4 is 5.91 Å². The Morgan fingerprint density at radius 3 is 2.46 bits per heavy atom. The number of amides is 1. The zero-order valence-corrected chi connectivity index (χ0v) is 8.92. The van der Waals surface area contributed by atoms with Gasteiger partial charge in [-0.25, -0.2) is 0 Å². The molecular formula is C10H20N2O. The lowest BCUT2D eigenvalue weighted by Crippen LogP contribution is -2.54. The second-order valence-corrected chi connectivity index (χ2v) is 4.20. The highest BCUT2D eigenvalue weighted by Crippen LogP contribution is 2.33. The molecule has 1 rings (SSSR count). The molecule has 0 aromatic rings. The Labute approximate surface area is 80.3 Å². The van der Waals surface area contributed by atoms with Crippen LogP contribution in [0, 0.1) is 11.8 Å². The number of carbonyl (C=O) groups is 1. The Bertz CT molecular complexity index is 193. The summed E-state index contributed by atoms with van der Waals surface area (Å²) in [4.78, 5) is 11.5. The Balaban J connectivity index is 2.30. The van der Waals surface area contributed by atoms with Gasteiger partial charge in [-0.15, -0.1) is 0 Å². The normalized spacial score (nSPS) is 34.9. The van der Waals surface area contributed by atoms with Gasteiger partial charge in [0, 0.05) is 6.04 Å². The lowest BCUT2D eigenvalue weighted by atomic mass is 9.71. The highest BCUT2D eigenvalue weighted by atomic mass is 16.2. The molecule has 1 aliphatic carbocycles. The summed E-state index contributed by atoms with van der Waals surface area (Å²) in [6.07, 6.45) is 1.13. The largest absolute Gasteiger partial charge is 0.352 e. The molecule has 13 heavy (non-hydrogen) atoms. The average molecular weight is 184 g/mol. The van der Waals surface area contributed by atoms with Crippen LogP contribution in [0.25, 0.3) is 0 Å². The summed E-state index contributed by atoms with van der Waals surface area (Å²) in [5.74, 6) is 1.51. The lowest BCUT2D eigenvalue weighted by molar-refractivity contribution is -0.125. The molecule has 76 valence electrons. The molecule has 0 saturated heterocycles. The summed E-state index contributed by atoms with van der Waals surface area (Å²) < 4.78 is 0. The van der Waals surface area contributed by atoms with Crippen LogP contribution in [0.1, 0.15) is 27.2 Å². The van der Waals surface area contributed by atoms with E-state index in [9.17, 15) is 4.79 Å². The van der Waals surface area contributed by atoms with Gasteiger partial charge in [-0.1, -0.05) is 13.8 Å². The van der Waals surface area contributed by atoms with E-state index < -0.39 is 0 Å². The second kappa shape index (κ2) is 4.09. The van der Waals surface area contributed by atoms with Gasteiger partial charge in [0.25, 0.3) is 0 Å². The van der Waals surface area contributed by atoms with Gasteiger partial charge in [0.05, 0.1) is 6.04 Å². The first-order valence-corrected chi connectivity index (χ1v) is 5.04. The number of nitrogens with one attached hydrogen (secondary N) is 2. The predicted molar refractivity (Wildman–Crippen MR) is 53.4 cm³/mol. The van der Waals surface area contributed by atoms with Crippen LogP contribution in [-0.4, -0.2) is 25.0 Å². The van der Waals surface area contributed by atoms with Crippen LogP contribution >= 0.6 is 0 Å². The zero-order valence-electron chi connectivity index (χ0n) is 8.92. The van der Waals surface area contributed by atoms with Crippen molar-refractivity contribution in [2.45, 2.75) is 39.3 Å². The van der Waals surface area contributed by atoms with Gasteiger partial charge >= 0.3 is 0 Å². The number of carbonyl (C=O) groups excluding carboxylic acids is 1. The van der Waals surface area contributed by atoms with Crippen LogP contribution in [0.2, 0.25) is 0 Å². The molecule has 4 atom stereocenters. The Hall–Kier alpha value is -0.570. The average Bonchev–Trinajstić information content (AvgIpc) is 2.15. The van der Waals surface area contributed by atoms with Crippen LogP contribution in [0.4, 0.5) is 0 Å². The van der Waals surface area contributed by atoms with Crippen molar-refractivity contribution in [3.63, 3.8) is 0 Å². The fraction of sp³-hybridized carbons (Fsp3) is 0.900. The van der Waals surface area contributed by atoms with Gasteiger partial charge in [-0.2, -0.15) is 0 Å². The van der Waals surface area contributed by atoms with Crippen molar-refractivity contribution in [1.29, 1.82) is 0 Å². The van der Waals surface area contributed by atoms with Gasteiger partial charge in [-0.05, 0) is 32.2 Å². The minimum atomic E-state index is -0.0805. The maximum atomic E-state index is 11.5.